The van der Waals surface area contributed by atoms with Crippen molar-refractivity contribution >= 4 is 17.9 Å². The summed E-state index contributed by atoms with van der Waals surface area (Å²) in [4.78, 5) is 10.4. The van der Waals surface area contributed by atoms with Crippen molar-refractivity contribution in [2.24, 2.45) is 0 Å². The zero-order valence-corrected chi connectivity index (χ0v) is 20.1. The highest BCUT2D eigenvalue weighted by Gasteiger charge is 2.07. The maximum atomic E-state index is 6.92. The third kappa shape index (κ3) is 13.5. The molecule has 0 atom stereocenters. The Morgan fingerprint density at radius 2 is 1.83 bits per heavy atom. The summed E-state index contributed by atoms with van der Waals surface area (Å²) in [5.41, 5.74) is 7.90. The van der Waals surface area contributed by atoms with Crippen molar-refractivity contribution in [3.63, 3.8) is 0 Å². The van der Waals surface area contributed by atoms with E-state index in [2.05, 4.69) is 22.2 Å². The molecule has 7 nitrogen and oxygen atoms in total. The minimum atomic E-state index is 0.332. The van der Waals surface area contributed by atoms with E-state index in [0.717, 1.165) is 30.9 Å². The van der Waals surface area contributed by atoms with Crippen molar-refractivity contribution in [2.75, 3.05) is 44.4 Å². The topological polar surface area (TPSA) is 100 Å². The van der Waals surface area contributed by atoms with Gasteiger partial charge < -0.3 is 26.1 Å². The largest absolute Gasteiger partial charge is 0.462 e. The highest BCUT2D eigenvalue weighted by molar-refractivity contribution is 5.76. The second kappa shape index (κ2) is 19.6. The Morgan fingerprint density at radius 3 is 2.33 bits per heavy atom. The van der Waals surface area contributed by atoms with E-state index in [9.17, 15) is 0 Å². The average molecular weight is 419 g/mol. The minimum absolute atomic E-state index is 0.332. The van der Waals surface area contributed by atoms with Gasteiger partial charge >= 0.3 is 6.01 Å². The van der Waals surface area contributed by atoms with Gasteiger partial charge in [0.05, 0.1) is 0 Å². The fourth-order valence-electron chi connectivity index (χ4n) is 2.14. The first kappa shape index (κ1) is 29.5. The molecular formula is C23H42N6O. The summed E-state index contributed by atoms with van der Waals surface area (Å²) in [6, 6.07) is 9.95. The number of benzene rings is 1. The number of rotatable bonds is 8. The van der Waals surface area contributed by atoms with E-state index in [4.69, 9.17) is 15.9 Å². The first-order valence-corrected chi connectivity index (χ1v) is 10.7. The van der Waals surface area contributed by atoms with Gasteiger partial charge in [-0.2, -0.15) is 9.97 Å². The van der Waals surface area contributed by atoms with Gasteiger partial charge in [0.15, 0.2) is 0 Å². The molecule has 0 bridgehead atoms. The molecule has 2 rings (SSSR count). The molecule has 1 aromatic carbocycles. The summed E-state index contributed by atoms with van der Waals surface area (Å²) in [6.45, 7) is 14.3. The molecule has 7 heteroatoms. The number of hydrogen-bond donors (Lipinski definition) is 3. The number of nitrogens with zero attached hydrogens (tertiary/aromatic N) is 3. The Bertz CT molecular complexity index is 678. The lowest BCUT2D eigenvalue weighted by molar-refractivity contribution is 0.294. The molecule has 0 spiro atoms. The van der Waals surface area contributed by atoms with Gasteiger partial charge in [-0.3, -0.25) is 0 Å². The van der Waals surface area contributed by atoms with Crippen LogP contribution in [0.2, 0.25) is 0 Å². The Hall–Kier alpha value is -2.67. The Labute approximate surface area is 183 Å². The first-order valence-electron chi connectivity index (χ1n) is 10.7. The molecule has 0 radical (unpaired) electrons. The summed E-state index contributed by atoms with van der Waals surface area (Å²) in [5, 5.41) is 9.90. The lowest BCUT2D eigenvalue weighted by Gasteiger charge is -2.17. The summed E-state index contributed by atoms with van der Waals surface area (Å²) >= 11 is 0. The molecular weight excluding hydrogens is 376 g/mol. The van der Waals surface area contributed by atoms with Gasteiger partial charge in [0.1, 0.15) is 18.2 Å². The van der Waals surface area contributed by atoms with Gasteiger partial charge in [0.25, 0.3) is 0 Å². The molecule has 0 aliphatic carbocycles. The second-order valence-electron chi connectivity index (χ2n) is 5.87. The van der Waals surface area contributed by atoms with E-state index in [0.29, 0.717) is 18.4 Å². The quantitative estimate of drug-likeness (QED) is 0.429. The molecule has 0 fully saturated rings. The highest BCUT2D eigenvalue weighted by Crippen LogP contribution is 2.16. The molecule has 0 saturated carbocycles. The number of aromatic nitrogens is 2. The van der Waals surface area contributed by atoms with Gasteiger partial charge in [-0.25, -0.2) is 0 Å². The molecule has 2 aromatic rings. The number of likely N-dealkylation sites (N-methyl/N-ethyl adjacent to an activating group) is 1. The summed E-state index contributed by atoms with van der Waals surface area (Å²) in [5.74, 6) is 1.22. The molecule has 1 aromatic heterocycles. The number of nitrogens with one attached hydrogen (secondary N) is 2. The first-order chi connectivity index (χ1) is 14.5. The van der Waals surface area contributed by atoms with Gasteiger partial charge in [-0.15, -0.1) is 0 Å². The van der Waals surface area contributed by atoms with Crippen LogP contribution in [0.1, 0.15) is 52.2 Å². The van der Waals surface area contributed by atoms with Crippen LogP contribution in [0, 0.1) is 12.3 Å². The molecule has 30 heavy (non-hydrogen) atoms. The van der Waals surface area contributed by atoms with E-state index in [1.807, 2.05) is 77.9 Å². The highest BCUT2D eigenvalue weighted by atomic mass is 16.5. The van der Waals surface area contributed by atoms with E-state index in [1.54, 1.807) is 6.07 Å². The van der Waals surface area contributed by atoms with E-state index >= 15 is 0 Å². The molecule has 0 unspecified atom stereocenters. The van der Waals surface area contributed by atoms with Crippen LogP contribution in [0.3, 0.4) is 0 Å². The molecule has 170 valence electrons. The van der Waals surface area contributed by atoms with Crippen molar-refractivity contribution in [1.29, 1.82) is 5.41 Å². The van der Waals surface area contributed by atoms with E-state index in [-0.39, 0.29) is 0 Å². The number of hydrogen-bond acceptors (Lipinski definition) is 7. The van der Waals surface area contributed by atoms with Crippen LogP contribution in [0.5, 0.6) is 6.01 Å². The normalized spacial score (nSPS) is 8.93. The van der Waals surface area contributed by atoms with Gasteiger partial charge in [-0.05, 0) is 26.0 Å². The van der Waals surface area contributed by atoms with Crippen molar-refractivity contribution in [2.45, 2.75) is 48.0 Å². The molecule has 0 amide bonds. The number of nitrogens with two attached hydrogens (primary N) is 1. The monoisotopic (exact) mass is 418 g/mol. The average Bonchev–Trinajstić information content (AvgIpc) is 2.77. The van der Waals surface area contributed by atoms with Crippen LogP contribution in [0.4, 0.5) is 11.6 Å². The third-order valence-corrected chi connectivity index (χ3v) is 3.45. The van der Waals surface area contributed by atoms with Crippen LogP contribution in [-0.2, 0) is 0 Å². The van der Waals surface area contributed by atoms with Crippen molar-refractivity contribution < 1.29 is 4.74 Å². The van der Waals surface area contributed by atoms with Crippen LogP contribution in [0.15, 0.2) is 30.3 Å². The second-order valence-corrected chi connectivity index (χ2v) is 5.87. The standard InChI is InChI=1S/C11H21N5O.C8H9N.2C2H6/c1-4-6-16(3)10-8-9(12)14-11(15-10)17-7-5-13-2;1-7-3-2-4-8(5-7)6-9;2*1-2/h8,13H,4-7H2,1-3H3,(H2,12,14,15);2-6,9H,1H3;2*1-2H3. The maximum Gasteiger partial charge on any atom is 0.320 e. The predicted molar refractivity (Wildman–Crippen MR) is 131 cm³/mol. The zero-order valence-electron chi connectivity index (χ0n) is 20.1. The number of anilines is 2. The SMILES string of the molecule is CC.CC.CCCN(C)c1cc(N)nc(OCCNC)n1.Cc1cccc(C=N)c1. The Morgan fingerprint density at radius 1 is 1.17 bits per heavy atom. The summed E-state index contributed by atoms with van der Waals surface area (Å²) in [6.07, 6.45) is 2.41. The molecule has 4 N–H and O–H groups in total. The van der Waals surface area contributed by atoms with Crippen molar-refractivity contribution in [3.8, 4) is 6.01 Å². The van der Waals surface area contributed by atoms with Crippen molar-refractivity contribution in [1.82, 2.24) is 15.3 Å². The smallest absolute Gasteiger partial charge is 0.320 e. The number of nitrogen functional groups attached to an aromatic ring is 1. The van der Waals surface area contributed by atoms with Crippen molar-refractivity contribution in [3.05, 3.63) is 41.5 Å². The third-order valence-electron chi connectivity index (χ3n) is 3.45. The fourth-order valence-corrected chi connectivity index (χ4v) is 2.14. The van der Waals surface area contributed by atoms with Crippen LogP contribution < -0.4 is 20.7 Å². The number of aryl methyl sites for hydroxylation is 1. The zero-order chi connectivity index (χ0) is 23.4. The predicted octanol–water partition coefficient (Wildman–Crippen LogP) is 4.55. The maximum absolute atomic E-state index is 6.92. The van der Waals surface area contributed by atoms with Gasteiger partial charge in [0.2, 0.25) is 0 Å². The Balaban J connectivity index is 0. The van der Waals surface area contributed by atoms with Gasteiger partial charge in [-0.1, -0.05) is 64.4 Å². The van der Waals surface area contributed by atoms with E-state index in [1.165, 1.54) is 11.8 Å². The molecule has 0 aliphatic heterocycles. The molecule has 1 heterocycles. The lowest BCUT2D eigenvalue weighted by Crippen LogP contribution is -2.21. The Kier molecular flexibility index (Phi) is 19.3. The summed E-state index contributed by atoms with van der Waals surface area (Å²) < 4.78 is 5.40. The van der Waals surface area contributed by atoms with Crippen LogP contribution >= 0.6 is 0 Å². The minimum Gasteiger partial charge on any atom is -0.462 e. The van der Waals surface area contributed by atoms with Gasteiger partial charge in [0, 0.05) is 32.4 Å². The molecule has 0 saturated heterocycles. The lowest BCUT2D eigenvalue weighted by atomic mass is 10.2. The summed E-state index contributed by atoms with van der Waals surface area (Å²) in [7, 11) is 3.84. The van der Waals surface area contributed by atoms with Crippen LogP contribution in [-0.4, -0.2) is 50.0 Å². The number of ether oxygens (including phenoxy) is 1. The van der Waals surface area contributed by atoms with Crippen LogP contribution in [0.25, 0.3) is 0 Å². The van der Waals surface area contributed by atoms with E-state index < -0.39 is 0 Å². The molecule has 0 aliphatic rings. The fraction of sp³-hybridized carbons (Fsp3) is 0.522.